The quantitative estimate of drug-likeness (QED) is 0.481. The lowest BCUT2D eigenvalue weighted by Gasteiger charge is -2.27. The zero-order valence-corrected chi connectivity index (χ0v) is 16.8. The zero-order valence-electron chi connectivity index (χ0n) is 16.8. The summed E-state index contributed by atoms with van der Waals surface area (Å²) in [6.07, 6.45) is -6.48. The summed E-state index contributed by atoms with van der Waals surface area (Å²) in [5.41, 5.74) is 0.127. The van der Waals surface area contributed by atoms with Crippen LogP contribution in [0.5, 0.6) is 5.75 Å². The number of allylic oxidation sites excluding steroid dienone is 1. The normalized spacial score (nSPS) is 16.2. The molecule has 0 spiro atoms. The highest BCUT2D eigenvalue weighted by Gasteiger charge is 2.36. The van der Waals surface area contributed by atoms with Crippen molar-refractivity contribution in [2.24, 2.45) is 0 Å². The van der Waals surface area contributed by atoms with E-state index < -0.39 is 42.3 Å². The highest BCUT2D eigenvalue weighted by Crippen LogP contribution is 2.41. The summed E-state index contributed by atoms with van der Waals surface area (Å²) in [5, 5.41) is 8.73. The average molecular weight is 458 g/mol. The third kappa shape index (κ3) is 6.05. The van der Waals surface area contributed by atoms with Crippen LogP contribution in [0, 0.1) is 5.82 Å². The topological polar surface area (TPSA) is 46.5 Å². The number of carboxylic acids is 1. The summed E-state index contributed by atoms with van der Waals surface area (Å²) < 4.78 is 87.0. The monoisotopic (exact) mass is 458 g/mol. The molecule has 3 rings (SSSR count). The third-order valence-corrected chi connectivity index (χ3v) is 5.24. The van der Waals surface area contributed by atoms with E-state index in [0.717, 1.165) is 12.1 Å². The Bertz CT molecular complexity index is 1010. The molecule has 0 bridgehead atoms. The second-order valence-electron chi connectivity index (χ2n) is 7.62. The van der Waals surface area contributed by atoms with Crippen LogP contribution in [0.15, 0.2) is 48.0 Å². The molecule has 32 heavy (non-hydrogen) atoms. The predicted molar refractivity (Wildman–Crippen MR) is 105 cm³/mol. The van der Waals surface area contributed by atoms with Crippen LogP contribution in [-0.2, 0) is 17.4 Å². The highest BCUT2D eigenvalue weighted by molar-refractivity contribution is 5.70. The van der Waals surface area contributed by atoms with Gasteiger partial charge < -0.3 is 9.84 Å². The smallest absolute Gasteiger partial charge is 0.416 e. The molecule has 2 aromatic rings. The van der Waals surface area contributed by atoms with Crippen molar-refractivity contribution in [2.45, 2.75) is 44.2 Å². The minimum absolute atomic E-state index is 0.0270. The van der Waals surface area contributed by atoms with Gasteiger partial charge in [-0.1, -0.05) is 18.2 Å². The zero-order chi connectivity index (χ0) is 23.5. The number of ether oxygens (including phenoxy) is 1. The molecule has 0 saturated heterocycles. The maximum atomic E-state index is 14.0. The molecule has 0 radical (unpaired) electrons. The fourth-order valence-electron chi connectivity index (χ4n) is 3.67. The molecule has 0 aromatic heterocycles. The fraction of sp³-hybridized carbons (Fsp3) is 0.348. The third-order valence-electron chi connectivity index (χ3n) is 5.24. The molecule has 0 aliphatic heterocycles. The molecule has 0 unspecified atom stereocenters. The van der Waals surface area contributed by atoms with Gasteiger partial charge in [-0.3, -0.25) is 4.79 Å². The van der Waals surface area contributed by atoms with E-state index in [0.29, 0.717) is 11.1 Å². The molecule has 1 N–H and O–H groups in total. The lowest BCUT2D eigenvalue weighted by atomic mass is 9.85. The molecular weight excluding hydrogens is 438 g/mol. The maximum absolute atomic E-state index is 14.0. The minimum Gasteiger partial charge on any atom is -0.489 e. The number of carboxylic acid groups (broad SMARTS) is 1. The van der Waals surface area contributed by atoms with Gasteiger partial charge in [0.15, 0.2) is 0 Å². The molecule has 0 atom stereocenters. The van der Waals surface area contributed by atoms with E-state index in [9.17, 15) is 31.1 Å². The minimum atomic E-state index is -4.73. The number of benzene rings is 2. The number of carbonyl (C=O) groups is 1. The first kappa shape index (κ1) is 23.7. The molecular formula is C23H20F6O3. The molecule has 9 heteroatoms. The number of aryl methyl sites for hydroxylation is 1. The van der Waals surface area contributed by atoms with Gasteiger partial charge in [-0.25, -0.2) is 13.2 Å². The van der Waals surface area contributed by atoms with Gasteiger partial charge in [0.1, 0.15) is 18.2 Å². The predicted octanol–water partition coefficient (Wildman–Crippen LogP) is 6.51. The Kier molecular flexibility index (Phi) is 6.85. The van der Waals surface area contributed by atoms with Crippen LogP contribution in [0.2, 0.25) is 0 Å². The Hall–Kier alpha value is -2.97. The van der Waals surface area contributed by atoms with Crippen LogP contribution in [-0.4, -0.2) is 23.6 Å². The second kappa shape index (κ2) is 9.26. The van der Waals surface area contributed by atoms with E-state index in [1.165, 1.54) is 30.3 Å². The van der Waals surface area contributed by atoms with Gasteiger partial charge >= 0.3 is 12.1 Å². The fourth-order valence-corrected chi connectivity index (χ4v) is 3.67. The average Bonchev–Trinajstić information content (AvgIpc) is 2.70. The van der Waals surface area contributed by atoms with E-state index >= 15 is 0 Å². The van der Waals surface area contributed by atoms with Gasteiger partial charge in [0.25, 0.3) is 5.92 Å². The first-order valence-electron chi connectivity index (χ1n) is 9.84. The van der Waals surface area contributed by atoms with Gasteiger partial charge in [0.05, 0.1) is 5.56 Å². The Balaban J connectivity index is 1.86. The number of alkyl halides is 5. The Morgan fingerprint density at radius 2 is 1.78 bits per heavy atom. The number of rotatable bonds is 7. The lowest BCUT2D eigenvalue weighted by Crippen LogP contribution is -2.24. The lowest BCUT2D eigenvalue weighted by molar-refractivity contribution is -0.140. The Morgan fingerprint density at radius 1 is 1.09 bits per heavy atom. The van der Waals surface area contributed by atoms with E-state index in [4.69, 9.17) is 9.84 Å². The number of hydrogen-bond acceptors (Lipinski definition) is 2. The van der Waals surface area contributed by atoms with E-state index in [2.05, 4.69) is 0 Å². The molecule has 3 nitrogen and oxygen atoms in total. The number of aliphatic carboxylic acids is 1. The first-order chi connectivity index (χ1) is 14.9. The van der Waals surface area contributed by atoms with Crippen LogP contribution in [0.25, 0.3) is 5.57 Å². The second-order valence-corrected chi connectivity index (χ2v) is 7.62. The van der Waals surface area contributed by atoms with Crippen LogP contribution >= 0.6 is 0 Å². The van der Waals surface area contributed by atoms with Crippen LogP contribution in [0.4, 0.5) is 26.3 Å². The van der Waals surface area contributed by atoms with Crippen molar-refractivity contribution in [3.8, 4) is 5.75 Å². The summed E-state index contributed by atoms with van der Waals surface area (Å²) in [5.74, 6) is -4.84. The first-order valence-corrected chi connectivity index (χ1v) is 9.84. The van der Waals surface area contributed by atoms with Crippen molar-refractivity contribution in [3.05, 3.63) is 70.5 Å². The maximum Gasteiger partial charge on any atom is 0.416 e. The molecule has 172 valence electrons. The molecule has 0 amide bonds. The van der Waals surface area contributed by atoms with Gasteiger partial charge in [-0.05, 0) is 59.4 Å². The summed E-state index contributed by atoms with van der Waals surface area (Å²) in [6, 6.07) is 8.48. The molecule has 1 aliphatic rings. The van der Waals surface area contributed by atoms with Crippen molar-refractivity contribution in [2.75, 3.05) is 6.61 Å². The largest absolute Gasteiger partial charge is 0.489 e. The molecule has 0 heterocycles. The van der Waals surface area contributed by atoms with Gasteiger partial charge in [0.2, 0.25) is 0 Å². The number of hydrogen-bond donors (Lipinski definition) is 1. The van der Waals surface area contributed by atoms with Gasteiger partial charge in [-0.2, -0.15) is 13.2 Å². The summed E-state index contributed by atoms with van der Waals surface area (Å²) in [6.45, 7) is -0.353. The molecule has 0 fully saturated rings. The van der Waals surface area contributed by atoms with E-state index in [1.807, 2.05) is 0 Å². The van der Waals surface area contributed by atoms with Crippen molar-refractivity contribution in [1.82, 2.24) is 0 Å². The van der Waals surface area contributed by atoms with Crippen molar-refractivity contribution < 1.29 is 41.0 Å². The van der Waals surface area contributed by atoms with Crippen LogP contribution in [0.3, 0.4) is 0 Å². The van der Waals surface area contributed by atoms with Crippen molar-refractivity contribution in [3.63, 3.8) is 0 Å². The van der Waals surface area contributed by atoms with E-state index in [-0.39, 0.29) is 42.8 Å². The van der Waals surface area contributed by atoms with Crippen LogP contribution in [0.1, 0.15) is 42.4 Å². The molecule has 1 aliphatic carbocycles. The summed E-state index contributed by atoms with van der Waals surface area (Å²) in [7, 11) is 0. The standard InChI is InChI=1S/C23H20F6O3/c24-17-5-1-14(2-6-17)19-9-10-22(25,26)12-16(19)13-32-18-7-3-15(4-8-21(30)31)20(11-18)23(27,28)29/h1-3,5-7,11H,4,8-10,12-13H2,(H,30,31). The molecule has 2 aromatic carbocycles. The Labute approximate surface area is 180 Å². The van der Waals surface area contributed by atoms with Crippen LogP contribution < -0.4 is 4.74 Å². The highest BCUT2D eigenvalue weighted by atomic mass is 19.4. The van der Waals surface area contributed by atoms with Crippen molar-refractivity contribution in [1.29, 1.82) is 0 Å². The summed E-state index contributed by atoms with van der Waals surface area (Å²) in [4.78, 5) is 10.7. The van der Waals surface area contributed by atoms with Crippen molar-refractivity contribution >= 4 is 11.5 Å². The SMILES string of the molecule is O=C(O)CCc1ccc(OCC2=C(c3ccc(F)cc3)CCC(F)(F)C2)cc1C(F)(F)F. The molecule has 0 saturated carbocycles. The van der Waals surface area contributed by atoms with Gasteiger partial charge in [-0.15, -0.1) is 0 Å². The Morgan fingerprint density at radius 3 is 2.41 bits per heavy atom. The van der Waals surface area contributed by atoms with E-state index in [1.54, 1.807) is 0 Å². The number of halogens is 6. The summed E-state index contributed by atoms with van der Waals surface area (Å²) >= 11 is 0. The van der Waals surface area contributed by atoms with Gasteiger partial charge in [0, 0.05) is 19.3 Å².